The topological polar surface area (TPSA) is 30.9 Å². The summed E-state index contributed by atoms with van der Waals surface area (Å²) in [7, 11) is 0. The molecule has 0 aliphatic carbocycles. The van der Waals surface area contributed by atoms with Gasteiger partial charge in [-0.15, -0.1) is 0 Å². The highest BCUT2D eigenvalue weighted by Crippen LogP contribution is 2.21. The fourth-order valence-corrected chi connectivity index (χ4v) is 2.83. The molecule has 1 heterocycles. The fraction of sp³-hybridized carbons (Fsp3) is 0.0667. The third-order valence-corrected chi connectivity index (χ3v) is 3.52. The molecule has 0 unspecified atom stereocenters. The van der Waals surface area contributed by atoms with Crippen LogP contribution in [0.25, 0.3) is 10.9 Å². The van der Waals surface area contributed by atoms with Gasteiger partial charge in [-0.25, -0.2) is 4.39 Å². The lowest BCUT2D eigenvalue weighted by molar-refractivity contribution is 0.629. The Hall–Kier alpha value is -1.81. The third-order valence-electron chi connectivity index (χ3n) is 3.07. The van der Waals surface area contributed by atoms with Crippen LogP contribution >= 0.6 is 15.9 Å². The molecule has 2 aromatic carbocycles. The first-order chi connectivity index (χ1) is 9.11. The van der Waals surface area contributed by atoms with E-state index in [0.717, 1.165) is 26.6 Å². The van der Waals surface area contributed by atoms with Crippen molar-refractivity contribution in [3.05, 3.63) is 64.5 Å². The Morgan fingerprint density at radius 2 is 1.95 bits per heavy atom. The molecule has 2 nitrogen and oxygen atoms in total. The molecule has 0 fully saturated rings. The number of hydrogen-bond acceptors (Lipinski definition) is 1. The molecule has 0 aliphatic rings. The molecule has 4 heteroatoms. The van der Waals surface area contributed by atoms with Gasteiger partial charge in [0.15, 0.2) is 0 Å². The number of nitrogens with two attached hydrogens (primary N) is 1. The zero-order valence-corrected chi connectivity index (χ0v) is 11.7. The molecule has 2 N–H and O–H groups in total. The van der Waals surface area contributed by atoms with Gasteiger partial charge < -0.3 is 10.3 Å². The minimum absolute atomic E-state index is 0.211. The molecular formula is C15H12BrFN2. The van der Waals surface area contributed by atoms with Crippen molar-refractivity contribution in [1.29, 1.82) is 0 Å². The summed E-state index contributed by atoms with van der Waals surface area (Å²) >= 11 is 3.44. The maximum atomic E-state index is 13.1. The Kier molecular flexibility index (Phi) is 3.03. The number of aromatic nitrogens is 1. The Balaban J connectivity index is 2.01. The van der Waals surface area contributed by atoms with Crippen LogP contribution in [-0.2, 0) is 6.54 Å². The molecule has 0 aliphatic heterocycles. The van der Waals surface area contributed by atoms with Gasteiger partial charge in [0.2, 0.25) is 0 Å². The number of rotatable bonds is 2. The van der Waals surface area contributed by atoms with Crippen molar-refractivity contribution in [1.82, 2.24) is 4.57 Å². The van der Waals surface area contributed by atoms with Crippen molar-refractivity contribution >= 4 is 32.5 Å². The summed E-state index contributed by atoms with van der Waals surface area (Å²) in [5.74, 6) is -0.211. The number of anilines is 1. The van der Waals surface area contributed by atoms with Crippen LogP contribution in [0.1, 0.15) is 5.56 Å². The number of nitrogen functional groups attached to an aromatic ring is 1. The van der Waals surface area contributed by atoms with Crippen LogP contribution in [0.4, 0.5) is 10.1 Å². The molecular weight excluding hydrogens is 307 g/mol. The molecule has 0 radical (unpaired) electrons. The average molecular weight is 319 g/mol. The van der Waals surface area contributed by atoms with E-state index in [0.29, 0.717) is 6.54 Å². The summed E-state index contributed by atoms with van der Waals surface area (Å²) in [5, 5.41) is 0.906. The summed E-state index contributed by atoms with van der Waals surface area (Å²) in [6, 6.07) is 12.6. The minimum Gasteiger partial charge on any atom is -0.399 e. The Bertz CT molecular complexity index is 729. The molecule has 96 valence electrons. The van der Waals surface area contributed by atoms with E-state index in [9.17, 15) is 4.39 Å². The minimum atomic E-state index is -0.211. The molecule has 0 atom stereocenters. The second kappa shape index (κ2) is 4.70. The second-order valence-electron chi connectivity index (χ2n) is 4.54. The van der Waals surface area contributed by atoms with Crippen LogP contribution in [-0.4, -0.2) is 4.57 Å². The number of hydrogen-bond donors (Lipinski definition) is 1. The van der Waals surface area contributed by atoms with Gasteiger partial charge in [-0.05, 0) is 48.0 Å². The maximum absolute atomic E-state index is 13.1. The molecule has 19 heavy (non-hydrogen) atoms. The van der Waals surface area contributed by atoms with E-state index in [1.807, 2.05) is 30.5 Å². The van der Waals surface area contributed by atoms with Gasteiger partial charge in [0.05, 0.1) is 0 Å². The second-order valence-corrected chi connectivity index (χ2v) is 5.46. The first kappa shape index (κ1) is 12.2. The lowest BCUT2D eigenvalue weighted by Gasteiger charge is -2.07. The highest BCUT2D eigenvalue weighted by molar-refractivity contribution is 9.10. The summed E-state index contributed by atoms with van der Waals surface area (Å²) in [4.78, 5) is 0. The van der Waals surface area contributed by atoms with E-state index in [1.165, 1.54) is 6.07 Å². The average Bonchev–Trinajstić information content (AvgIpc) is 2.70. The van der Waals surface area contributed by atoms with E-state index in [1.54, 1.807) is 12.1 Å². The van der Waals surface area contributed by atoms with Gasteiger partial charge in [-0.2, -0.15) is 0 Å². The number of benzene rings is 2. The summed E-state index contributed by atoms with van der Waals surface area (Å²) in [5.41, 5.74) is 8.68. The largest absolute Gasteiger partial charge is 0.399 e. The monoisotopic (exact) mass is 318 g/mol. The third kappa shape index (κ3) is 2.49. The molecule has 1 aromatic heterocycles. The SMILES string of the molecule is Nc1cc(Br)cc(Cn2ccc3cc(F)ccc32)c1. The van der Waals surface area contributed by atoms with E-state index in [2.05, 4.69) is 20.5 Å². The number of nitrogens with zero attached hydrogens (tertiary/aromatic N) is 1. The van der Waals surface area contributed by atoms with Gasteiger partial charge in [-0.3, -0.25) is 0 Å². The van der Waals surface area contributed by atoms with E-state index in [-0.39, 0.29) is 5.82 Å². The van der Waals surface area contributed by atoms with Crippen LogP contribution < -0.4 is 5.73 Å². The molecule has 0 saturated carbocycles. The Morgan fingerprint density at radius 3 is 2.74 bits per heavy atom. The quantitative estimate of drug-likeness (QED) is 0.706. The van der Waals surface area contributed by atoms with Crippen LogP contribution in [0.2, 0.25) is 0 Å². The van der Waals surface area contributed by atoms with Gasteiger partial charge in [0.1, 0.15) is 5.82 Å². The number of fused-ring (bicyclic) bond motifs is 1. The van der Waals surface area contributed by atoms with Crippen LogP contribution in [0, 0.1) is 5.82 Å². The smallest absolute Gasteiger partial charge is 0.123 e. The van der Waals surface area contributed by atoms with E-state index in [4.69, 9.17) is 5.73 Å². The van der Waals surface area contributed by atoms with Gasteiger partial charge in [0.25, 0.3) is 0 Å². The van der Waals surface area contributed by atoms with Gasteiger partial charge >= 0.3 is 0 Å². The van der Waals surface area contributed by atoms with Crippen molar-refractivity contribution in [2.24, 2.45) is 0 Å². The Labute approximate surface area is 118 Å². The van der Waals surface area contributed by atoms with Crippen molar-refractivity contribution in [2.75, 3.05) is 5.73 Å². The molecule has 0 bridgehead atoms. The maximum Gasteiger partial charge on any atom is 0.123 e. The molecule has 0 saturated heterocycles. The Morgan fingerprint density at radius 1 is 1.11 bits per heavy atom. The summed E-state index contributed by atoms with van der Waals surface area (Å²) < 4.78 is 16.2. The van der Waals surface area contributed by atoms with Crippen molar-refractivity contribution in [3.63, 3.8) is 0 Å². The first-order valence-electron chi connectivity index (χ1n) is 5.91. The predicted molar refractivity (Wildman–Crippen MR) is 79.6 cm³/mol. The lowest BCUT2D eigenvalue weighted by atomic mass is 10.2. The van der Waals surface area contributed by atoms with Crippen molar-refractivity contribution in [3.8, 4) is 0 Å². The van der Waals surface area contributed by atoms with Crippen LogP contribution in [0.5, 0.6) is 0 Å². The molecule has 3 rings (SSSR count). The summed E-state index contributed by atoms with van der Waals surface area (Å²) in [6.45, 7) is 0.707. The number of halogens is 2. The lowest BCUT2D eigenvalue weighted by Crippen LogP contribution is -1.99. The molecule has 0 spiro atoms. The first-order valence-corrected chi connectivity index (χ1v) is 6.70. The van der Waals surface area contributed by atoms with Crippen LogP contribution in [0.3, 0.4) is 0 Å². The van der Waals surface area contributed by atoms with Crippen molar-refractivity contribution < 1.29 is 4.39 Å². The zero-order chi connectivity index (χ0) is 13.4. The molecule has 3 aromatic rings. The normalized spacial score (nSPS) is 11.1. The highest BCUT2D eigenvalue weighted by Gasteiger charge is 2.04. The van der Waals surface area contributed by atoms with Gasteiger partial charge in [-0.1, -0.05) is 15.9 Å². The fourth-order valence-electron chi connectivity index (χ4n) is 2.27. The van der Waals surface area contributed by atoms with Crippen LogP contribution in [0.15, 0.2) is 53.1 Å². The van der Waals surface area contributed by atoms with Gasteiger partial charge in [0, 0.05) is 33.8 Å². The van der Waals surface area contributed by atoms with E-state index < -0.39 is 0 Å². The highest BCUT2D eigenvalue weighted by atomic mass is 79.9. The molecule has 0 amide bonds. The standard InChI is InChI=1S/C15H12BrFN2/c16-12-5-10(6-14(18)8-12)9-19-4-3-11-7-13(17)1-2-15(11)19/h1-8H,9,18H2. The van der Waals surface area contributed by atoms with Crippen molar-refractivity contribution in [2.45, 2.75) is 6.54 Å². The predicted octanol–water partition coefficient (Wildman–Crippen LogP) is 4.17. The van der Waals surface area contributed by atoms with E-state index >= 15 is 0 Å². The summed E-state index contributed by atoms with van der Waals surface area (Å²) in [6.07, 6.45) is 1.96. The zero-order valence-electron chi connectivity index (χ0n) is 10.1.